The minimum Gasteiger partial charge on any atom is -0.387 e. The minimum absolute atomic E-state index is 0.197. The predicted molar refractivity (Wildman–Crippen MR) is 50.6 cm³/mol. The fourth-order valence-corrected chi connectivity index (χ4v) is 1.59. The number of likely N-dealkylation sites (tertiary alicyclic amines) is 1. The number of rotatable bonds is 2. The molecule has 0 saturated carbocycles. The van der Waals surface area contributed by atoms with E-state index in [4.69, 9.17) is 5.11 Å². The number of carbonyl (C=O) groups is 1. The molecule has 4 nitrogen and oxygen atoms in total. The lowest BCUT2D eigenvalue weighted by Gasteiger charge is -2.38. The van der Waals surface area contributed by atoms with Crippen LogP contribution in [0.3, 0.4) is 0 Å². The maximum atomic E-state index is 11.0. The Hall–Kier alpha value is -1.42. The van der Waals surface area contributed by atoms with Crippen LogP contribution in [-0.2, 0) is 4.79 Å². The first-order valence-electron chi connectivity index (χ1n) is 4.61. The van der Waals surface area contributed by atoms with Crippen molar-refractivity contribution in [2.45, 2.75) is 5.92 Å². The molecule has 0 bridgehead atoms. The van der Waals surface area contributed by atoms with Crippen LogP contribution in [0.5, 0.6) is 0 Å². The zero-order chi connectivity index (χ0) is 9.97. The van der Waals surface area contributed by atoms with Gasteiger partial charge in [0.2, 0.25) is 5.91 Å². The van der Waals surface area contributed by atoms with Crippen molar-refractivity contribution in [1.82, 2.24) is 9.88 Å². The van der Waals surface area contributed by atoms with Gasteiger partial charge in [-0.1, -0.05) is 6.07 Å². The van der Waals surface area contributed by atoms with Crippen LogP contribution < -0.4 is 0 Å². The van der Waals surface area contributed by atoms with Gasteiger partial charge in [-0.15, -0.1) is 0 Å². The highest BCUT2D eigenvalue weighted by Gasteiger charge is 2.31. The summed E-state index contributed by atoms with van der Waals surface area (Å²) < 4.78 is 0. The van der Waals surface area contributed by atoms with Crippen molar-refractivity contribution < 1.29 is 9.90 Å². The second-order valence-electron chi connectivity index (χ2n) is 3.41. The van der Waals surface area contributed by atoms with Crippen molar-refractivity contribution >= 4 is 5.91 Å². The summed E-state index contributed by atoms with van der Waals surface area (Å²) >= 11 is 0. The van der Waals surface area contributed by atoms with Crippen molar-refractivity contribution in [3.63, 3.8) is 0 Å². The summed E-state index contributed by atoms with van der Waals surface area (Å²) in [7, 11) is 0. The Labute approximate surface area is 82.2 Å². The standard InChI is InChI=1S/C10H12N2O2/c13-7-10(14)12-5-8(6-12)9-3-1-2-4-11-9/h1-4,8,13H,5-7H2. The zero-order valence-electron chi connectivity index (χ0n) is 7.76. The number of hydrogen-bond donors (Lipinski definition) is 1. The highest BCUT2D eigenvalue weighted by Crippen LogP contribution is 2.24. The van der Waals surface area contributed by atoms with Crippen LogP contribution in [0.4, 0.5) is 0 Å². The molecule has 0 aliphatic carbocycles. The van der Waals surface area contributed by atoms with Gasteiger partial charge < -0.3 is 10.0 Å². The predicted octanol–water partition coefficient (Wildman–Crippen LogP) is -0.000300. The summed E-state index contributed by atoms with van der Waals surface area (Å²) in [5.41, 5.74) is 1.02. The van der Waals surface area contributed by atoms with Gasteiger partial charge in [-0.3, -0.25) is 9.78 Å². The molecule has 1 aromatic heterocycles. The smallest absolute Gasteiger partial charge is 0.248 e. The molecule has 1 aliphatic rings. The quantitative estimate of drug-likeness (QED) is 0.717. The third kappa shape index (κ3) is 1.61. The van der Waals surface area contributed by atoms with E-state index in [9.17, 15) is 4.79 Å². The normalized spacial score (nSPS) is 16.5. The molecule has 1 saturated heterocycles. The largest absolute Gasteiger partial charge is 0.387 e. The molecule has 0 aromatic carbocycles. The van der Waals surface area contributed by atoms with E-state index in [2.05, 4.69) is 4.98 Å². The lowest BCUT2D eigenvalue weighted by Crippen LogP contribution is -2.49. The van der Waals surface area contributed by atoms with Gasteiger partial charge in [0.25, 0.3) is 0 Å². The number of nitrogens with zero attached hydrogens (tertiary/aromatic N) is 2. The van der Waals surface area contributed by atoms with Crippen LogP contribution in [0.25, 0.3) is 0 Å². The summed E-state index contributed by atoms with van der Waals surface area (Å²) in [6.45, 7) is 0.960. The van der Waals surface area contributed by atoms with E-state index in [0.717, 1.165) is 5.69 Å². The van der Waals surface area contributed by atoms with Gasteiger partial charge in [0.05, 0.1) is 0 Å². The molecule has 74 valence electrons. The summed E-state index contributed by atoms with van der Waals surface area (Å²) in [5.74, 6) is 0.142. The number of aliphatic hydroxyl groups excluding tert-OH is 1. The van der Waals surface area contributed by atoms with Crippen molar-refractivity contribution in [2.75, 3.05) is 19.7 Å². The monoisotopic (exact) mass is 192 g/mol. The van der Waals surface area contributed by atoms with E-state index in [1.165, 1.54) is 0 Å². The highest BCUT2D eigenvalue weighted by molar-refractivity contribution is 5.78. The Bertz CT molecular complexity index is 320. The van der Waals surface area contributed by atoms with Crippen LogP contribution in [0.15, 0.2) is 24.4 Å². The summed E-state index contributed by atoms with van der Waals surface area (Å²) in [6.07, 6.45) is 1.76. The molecule has 1 aliphatic heterocycles. The molecule has 0 radical (unpaired) electrons. The number of amides is 1. The third-order valence-electron chi connectivity index (χ3n) is 2.48. The Kier molecular flexibility index (Phi) is 2.45. The van der Waals surface area contributed by atoms with E-state index in [1.807, 2.05) is 18.2 Å². The lowest BCUT2D eigenvalue weighted by atomic mass is 9.96. The van der Waals surface area contributed by atoms with Gasteiger partial charge in [0.15, 0.2) is 0 Å². The van der Waals surface area contributed by atoms with Crippen LogP contribution in [0.2, 0.25) is 0 Å². The molecule has 1 amide bonds. The van der Waals surface area contributed by atoms with Crippen molar-refractivity contribution in [3.8, 4) is 0 Å². The zero-order valence-corrected chi connectivity index (χ0v) is 7.76. The summed E-state index contributed by atoms with van der Waals surface area (Å²) in [5, 5.41) is 8.62. The molecule has 4 heteroatoms. The van der Waals surface area contributed by atoms with Crippen molar-refractivity contribution in [3.05, 3.63) is 30.1 Å². The van der Waals surface area contributed by atoms with Gasteiger partial charge in [0.1, 0.15) is 6.61 Å². The minimum atomic E-state index is -0.394. The van der Waals surface area contributed by atoms with Gasteiger partial charge >= 0.3 is 0 Å². The Balaban J connectivity index is 1.92. The SMILES string of the molecule is O=C(CO)N1CC(c2ccccn2)C1. The number of pyridine rings is 1. The van der Waals surface area contributed by atoms with E-state index in [-0.39, 0.29) is 5.91 Å². The van der Waals surface area contributed by atoms with Crippen LogP contribution in [-0.4, -0.2) is 40.6 Å². The Morgan fingerprint density at radius 3 is 2.93 bits per heavy atom. The summed E-state index contributed by atoms with van der Waals surface area (Å²) in [6, 6.07) is 5.78. The third-order valence-corrected chi connectivity index (χ3v) is 2.48. The van der Waals surface area contributed by atoms with Gasteiger partial charge in [0, 0.05) is 30.9 Å². The maximum Gasteiger partial charge on any atom is 0.248 e. The molecule has 0 atom stereocenters. The average molecular weight is 192 g/mol. The Morgan fingerprint density at radius 1 is 1.57 bits per heavy atom. The molecule has 2 heterocycles. The molecule has 1 fully saturated rings. The molecule has 2 rings (SSSR count). The second-order valence-corrected chi connectivity index (χ2v) is 3.41. The first-order chi connectivity index (χ1) is 6.81. The second kappa shape index (κ2) is 3.75. The molecule has 1 aromatic rings. The molecular weight excluding hydrogens is 180 g/mol. The number of aromatic nitrogens is 1. The number of hydrogen-bond acceptors (Lipinski definition) is 3. The summed E-state index contributed by atoms with van der Waals surface area (Å²) in [4.78, 5) is 16.9. The van der Waals surface area contributed by atoms with Crippen molar-refractivity contribution in [2.24, 2.45) is 0 Å². The van der Waals surface area contributed by atoms with Gasteiger partial charge in [-0.2, -0.15) is 0 Å². The number of aliphatic hydroxyl groups is 1. The first-order valence-corrected chi connectivity index (χ1v) is 4.61. The van der Waals surface area contributed by atoms with Gasteiger partial charge in [-0.05, 0) is 12.1 Å². The van der Waals surface area contributed by atoms with Crippen LogP contribution in [0.1, 0.15) is 11.6 Å². The molecule has 14 heavy (non-hydrogen) atoms. The number of carbonyl (C=O) groups excluding carboxylic acids is 1. The van der Waals surface area contributed by atoms with E-state index in [0.29, 0.717) is 19.0 Å². The maximum absolute atomic E-state index is 11.0. The van der Waals surface area contributed by atoms with E-state index >= 15 is 0 Å². The average Bonchev–Trinajstić information content (AvgIpc) is 2.17. The fraction of sp³-hybridized carbons (Fsp3) is 0.400. The first kappa shape index (κ1) is 9.15. The van der Waals surface area contributed by atoms with Gasteiger partial charge in [-0.25, -0.2) is 0 Å². The van der Waals surface area contributed by atoms with E-state index < -0.39 is 6.61 Å². The molecule has 1 N–H and O–H groups in total. The fourth-order valence-electron chi connectivity index (χ4n) is 1.59. The molecule has 0 unspecified atom stereocenters. The van der Waals surface area contributed by atoms with Crippen LogP contribution in [0, 0.1) is 0 Å². The topological polar surface area (TPSA) is 53.4 Å². The molecule has 0 spiro atoms. The van der Waals surface area contributed by atoms with Crippen molar-refractivity contribution in [1.29, 1.82) is 0 Å². The lowest BCUT2D eigenvalue weighted by molar-refractivity contribution is -0.138. The van der Waals surface area contributed by atoms with E-state index in [1.54, 1.807) is 11.1 Å². The Morgan fingerprint density at radius 2 is 2.36 bits per heavy atom. The highest BCUT2D eigenvalue weighted by atomic mass is 16.3. The van der Waals surface area contributed by atoms with Crippen LogP contribution >= 0.6 is 0 Å². The molecular formula is C10H12N2O2.